The summed E-state index contributed by atoms with van der Waals surface area (Å²) in [6.07, 6.45) is 1.50. The van der Waals surface area contributed by atoms with E-state index < -0.39 is 0 Å². The lowest BCUT2D eigenvalue weighted by Crippen LogP contribution is -2.48. The van der Waals surface area contributed by atoms with Gasteiger partial charge in [-0.2, -0.15) is 0 Å². The van der Waals surface area contributed by atoms with Crippen LogP contribution in [0.2, 0.25) is 0 Å². The van der Waals surface area contributed by atoms with Gasteiger partial charge in [-0.3, -0.25) is 9.59 Å². The molecule has 2 amide bonds. The lowest BCUT2D eigenvalue weighted by atomic mass is 10.00. The molecule has 0 radical (unpaired) electrons. The molecular weight excluding hydrogens is 468 g/mol. The molecule has 0 fully saturated rings. The first-order valence-electron chi connectivity index (χ1n) is 11.4. The molecule has 0 aliphatic carbocycles. The quantitative estimate of drug-likeness (QED) is 0.377. The fraction of sp³-hybridized carbons (Fsp3) is 0.385. The predicted octanol–water partition coefficient (Wildman–Crippen LogP) is 4.80. The lowest BCUT2D eigenvalue weighted by molar-refractivity contribution is -0.135. The van der Waals surface area contributed by atoms with E-state index >= 15 is 0 Å². The van der Waals surface area contributed by atoms with E-state index in [2.05, 4.69) is 11.4 Å². The molecule has 1 aliphatic rings. The Morgan fingerprint density at radius 3 is 2.74 bits per heavy atom. The van der Waals surface area contributed by atoms with E-state index in [9.17, 15) is 9.59 Å². The average molecular weight is 499 g/mol. The fourth-order valence-corrected chi connectivity index (χ4v) is 5.84. The molecule has 0 spiro atoms. The lowest BCUT2D eigenvalue weighted by Gasteiger charge is -2.37. The predicted molar refractivity (Wildman–Crippen MR) is 136 cm³/mol. The van der Waals surface area contributed by atoms with E-state index in [-0.39, 0.29) is 24.4 Å². The largest absolute Gasteiger partial charge is 0.491 e. The first-order chi connectivity index (χ1) is 16.6. The van der Waals surface area contributed by atoms with Crippen LogP contribution in [0.15, 0.2) is 53.2 Å². The van der Waals surface area contributed by atoms with Crippen LogP contribution in [0.3, 0.4) is 0 Å². The molecule has 6 nitrogen and oxygen atoms in total. The third kappa shape index (κ3) is 5.68. The Balaban J connectivity index is 1.51. The van der Waals surface area contributed by atoms with Crippen molar-refractivity contribution in [2.24, 2.45) is 0 Å². The Bertz CT molecular complexity index is 1100. The van der Waals surface area contributed by atoms with Gasteiger partial charge in [-0.25, -0.2) is 0 Å². The van der Waals surface area contributed by atoms with Crippen molar-refractivity contribution in [3.63, 3.8) is 0 Å². The Labute approximate surface area is 208 Å². The topological polar surface area (TPSA) is 59.1 Å². The molecule has 0 saturated heterocycles. The smallest absolute Gasteiger partial charge is 0.264 e. The summed E-state index contributed by atoms with van der Waals surface area (Å²) in [5.74, 6) is 0.657. The number of thiophene rings is 2. The highest BCUT2D eigenvalue weighted by atomic mass is 32.1. The molecule has 0 saturated carbocycles. The second-order valence-electron chi connectivity index (χ2n) is 8.28. The van der Waals surface area contributed by atoms with E-state index in [0.29, 0.717) is 37.6 Å². The van der Waals surface area contributed by atoms with Crippen molar-refractivity contribution in [1.29, 1.82) is 0 Å². The number of para-hydroxylation sites is 1. The summed E-state index contributed by atoms with van der Waals surface area (Å²) in [6.45, 7) is 4.07. The van der Waals surface area contributed by atoms with Crippen molar-refractivity contribution >= 4 is 34.5 Å². The summed E-state index contributed by atoms with van der Waals surface area (Å²) in [4.78, 5) is 32.2. The number of nitrogens with zero attached hydrogens (tertiary/aromatic N) is 2. The molecule has 1 atom stereocenters. The minimum absolute atomic E-state index is 0.0424. The van der Waals surface area contributed by atoms with Crippen LogP contribution in [-0.4, -0.2) is 61.6 Å². The van der Waals surface area contributed by atoms with E-state index in [1.807, 2.05) is 47.5 Å². The van der Waals surface area contributed by atoms with Crippen LogP contribution in [0.25, 0.3) is 0 Å². The molecule has 0 N–H and O–H groups in total. The molecule has 34 heavy (non-hydrogen) atoms. The Morgan fingerprint density at radius 1 is 1.12 bits per heavy atom. The highest BCUT2D eigenvalue weighted by Gasteiger charge is 2.33. The molecule has 1 unspecified atom stereocenters. The van der Waals surface area contributed by atoms with Crippen LogP contribution in [0, 0.1) is 6.92 Å². The standard InChI is InChI=1S/C26H30N2O4S2/c1-19-7-3-4-8-22(19)32-18-21-20-11-16-34-23(20)10-13-28(21)25(29)17-27(12-6-14-31-2)26(30)24-9-5-15-33-24/h3-5,7-9,11,15-16,21H,6,10,12-14,17-18H2,1-2H3. The second kappa shape index (κ2) is 11.6. The summed E-state index contributed by atoms with van der Waals surface area (Å²) < 4.78 is 11.4. The summed E-state index contributed by atoms with van der Waals surface area (Å²) in [7, 11) is 1.64. The molecule has 4 rings (SSSR count). The Hall–Kier alpha value is -2.68. The van der Waals surface area contributed by atoms with Gasteiger partial charge in [0, 0.05) is 31.7 Å². The maximum Gasteiger partial charge on any atom is 0.264 e. The van der Waals surface area contributed by atoms with Gasteiger partial charge >= 0.3 is 0 Å². The molecule has 8 heteroatoms. The van der Waals surface area contributed by atoms with Crippen molar-refractivity contribution in [2.75, 3.05) is 40.0 Å². The Morgan fingerprint density at radius 2 is 1.97 bits per heavy atom. The van der Waals surface area contributed by atoms with Crippen molar-refractivity contribution < 1.29 is 19.1 Å². The number of benzene rings is 1. The van der Waals surface area contributed by atoms with Gasteiger partial charge in [0.05, 0.1) is 10.9 Å². The molecule has 1 aromatic carbocycles. The highest BCUT2D eigenvalue weighted by Crippen LogP contribution is 2.34. The fourth-order valence-electron chi connectivity index (χ4n) is 4.22. The number of carbonyl (C=O) groups is 2. The molecular formula is C26H30N2O4S2. The van der Waals surface area contributed by atoms with E-state index in [1.54, 1.807) is 29.4 Å². The number of rotatable bonds is 10. The van der Waals surface area contributed by atoms with E-state index in [1.165, 1.54) is 16.2 Å². The molecule has 3 heterocycles. The molecule has 1 aliphatic heterocycles. The monoisotopic (exact) mass is 498 g/mol. The molecule has 2 aromatic heterocycles. The van der Waals surface area contributed by atoms with Crippen LogP contribution >= 0.6 is 22.7 Å². The van der Waals surface area contributed by atoms with Crippen LogP contribution in [0.4, 0.5) is 0 Å². The maximum atomic E-state index is 13.6. The molecule has 0 bridgehead atoms. The number of hydrogen-bond donors (Lipinski definition) is 0. The molecule has 3 aromatic rings. The van der Waals surface area contributed by atoms with Gasteiger partial charge < -0.3 is 19.3 Å². The summed E-state index contributed by atoms with van der Waals surface area (Å²) in [6, 6.07) is 13.5. The van der Waals surface area contributed by atoms with Crippen molar-refractivity contribution in [2.45, 2.75) is 25.8 Å². The Kier molecular flexibility index (Phi) is 8.37. The van der Waals surface area contributed by atoms with E-state index in [4.69, 9.17) is 9.47 Å². The average Bonchev–Trinajstić information content (AvgIpc) is 3.54. The van der Waals surface area contributed by atoms with Gasteiger partial charge in [0.15, 0.2) is 0 Å². The van der Waals surface area contributed by atoms with Gasteiger partial charge in [-0.1, -0.05) is 24.3 Å². The summed E-state index contributed by atoms with van der Waals surface area (Å²) in [5.41, 5.74) is 2.21. The van der Waals surface area contributed by atoms with Gasteiger partial charge in [-0.05, 0) is 59.9 Å². The first-order valence-corrected chi connectivity index (χ1v) is 13.2. The number of amides is 2. The van der Waals surface area contributed by atoms with Gasteiger partial charge in [0.2, 0.25) is 5.91 Å². The third-order valence-electron chi connectivity index (χ3n) is 6.03. The minimum atomic E-state index is -0.181. The van der Waals surface area contributed by atoms with Crippen molar-refractivity contribution in [3.05, 3.63) is 74.1 Å². The van der Waals surface area contributed by atoms with Crippen LogP contribution < -0.4 is 4.74 Å². The SMILES string of the molecule is COCCCN(CC(=O)N1CCc2sccc2C1COc1ccccc1C)C(=O)c1cccs1. The van der Waals surface area contributed by atoms with Crippen LogP contribution in [-0.2, 0) is 16.0 Å². The van der Waals surface area contributed by atoms with Crippen LogP contribution in [0.5, 0.6) is 5.75 Å². The zero-order valence-corrected chi connectivity index (χ0v) is 21.2. The van der Waals surface area contributed by atoms with Crippen molar-refractivity contribution in [1.82, 2.24) is 9.80 Å². The van der Waals surface area contributed by atoms with E-state index in [0.717, 1.165) is 23.3 Å². The zero-order valence-electron chi connectivity index (χ0n) is 19.6. The van der Waals surface area contributed by atoms with Crippen molar-refractivity contribution in [3.8, 4) is 5.75 Å². The number of methoxy groups -OCH3 is 1. The number of aryl methyl sites for hydroxylation is 1. The van der Waals surface area contributed by atoms with Gasteiger partial charge in [-0.15, -0.1) is 22.7 Å². The van der Waals surface area contributed by atoms with Gasteiger partial charge in [0.1, 0.15) is 18.9 Å². The first kappa shape index (κ1) is 24.4. The maximum absolute atomic E-state index is 13.6. The van der Waals surface area contributed by atoms with Gasteiger partial charge in [0.25, 0.3) is 5.91 Å². The number of carbonyl (C=O) groups excluding carboxylic acids is 2. The summed E-state index contributed by atoms with van der Waals surface area (Å²) in [5, 5.41) is 3.96. The minimum Gasteiger partial charge on any atom is -0.491 e. The van der Waals surface area contributed by atoms with Crippen LogP contribution in [0.1, 0.15) is 38.1 Å². The zero-order chi connectivity index (χ0) is 23.9. The number of fused-ring (bicyclic) bond motifs is 1. The number of hydrogen-bond acceptors (Lipinski definition) is 6. The molecule has 180 valence electrons. The number of ether oxygens (including phenoxy) is 2. The second-order valence-corrected chi connectivity index (χ2v) is 10.2. The third-order valence-corrected chi connectivity index (χ3v) is 7.88. The normalized spacial score (nSPS) is 15.1. The summed E-state index contributed by atoms with van der Waals surface area (Å²) >= 11 is 3.12. The highest BCUT2D eigenvalue weighted by molar-refractivity contribution is 7.12.